The van der Waals surface area contributed by atoms with Gasteiger partial charge in [-0.15, -0.1) is 0 Å². The summed E-state index contributed by atoms with van der Waals surface area (Å²) in [4.78, 5) is 24.8. The molecule has 6 nitrogen and oxygen atoms in total. The van der Waals surface area contributed by atoms with Crippen LogP contribution in [0.4, 0.5) is 15.3 Å². The third-order valence-corrected chi connectivity index (χ3v) is 3.29. The molecule has 1 aliphatic heterocycles. The monoisotopic (exact) mass is 277 g/mol. The molecule has 6 heteroatoms. The number of piperidine rings is 1. The van der Waals surface area contributed by atoms with Crippen LogP contribution in [0.5, 0.6) is 0 Å². The summed E-state index contributed by atoms with van der Waals surface area (Å²) >= 11 is 0. The first kappa shape index (κ1) is 14.2. The molecule has 20 heavy (non-hydrogen) atoms. The van der Waals surface area contributed by atoms with Gasteiger partial charge in [0, 0.05) is 24.8 Å². The standard InChI is InChI=1S/C14H19N3O3/c1-20-14(19)17-9-7-12(8-10-17)16-13(18)15-11-5-3-2-4-6-11/h2-6,12H,7-10H2,1H3,(H2,15,16,18). The second kappa shape index (κ2) is 6.79. The minimum atomic E-state index is -0.308. The maximum absolute atomic E-state index is 11.8. The van der Waals surface area contributed by atoms with Crippen molar-refractivity contribution in [2.75, 3.05) is 25.5 Å². The van der Waals surface area contributed by atoms with Crippen LogP contribution in [0.15, 0.2) is 30.3 Å². The Balaban J connectivity index is 1.75. The number of para-hydroxylation sites is 1. The molecule has 0 unspecified atom stereocenters. The van der Waals surface area contributed by atoms with Crippen molar-refractivity contribution >= 4 is 17.8 Å². The Morgan fingerprint density at radius 2 is 1.85 bits per heavy atom. The van der Waals surface area contributed by atoms with Crippen molar-refractivity contribution in [3.8, 4) is 0 Å². The number of anilines is 1. The maximum atomic E-state index is 11.8. The minimum absolute atomic E-state index is 0.0830. The SMILES string of the molecule is COC(=O)N1CCC(NC(=O)Nc2ccccc2)CC1. The number of ether oxygens (including phenoxy) is 1. The number of carbonyl (C=O) groups is 2. The van der Waals surface area contributed by atoms with E-state index in [-0.39, 0.29) is 18.2 Å². The lowest BCUT2D eigenvalue weighted by molar-refractivity contribution is 0.110. The molecule has 0 radical (unpaired) electrons. The Morgan fingerprint density at radius 1 is 1.20 bits per heavy atom. The lowest BCUT2D eigenvalue weighted by Crippen LogP contribution is -2.47. The topological polar surface area (TPSA) is 70.7 Å². The number of hydrogen-bond acceptors (Lipinski definition) is 3. The molecule has 1 heterocycles. The lowest BCUT2D eigenvalue weighted by Gasteiger charge is -2.31. The van der Waals surface area contributed by atoms with Gasteiger partial charge in [-0.25, -0.2) is 9.59 Å². The molecule has 1 saturated heterocycles. The number of likely N-dealkylation sites (tertiary alicyclic amines) is 1. The van der Waals surface area contributed by atoms with E-state index < -0.39 is 0 Å². The Hall–Kier alpha value is -2.24. The number of urea groups is 1. The smallest absolute Gasteiger partial charge is 0.409 e. The van der Waals surface area contributed by atoms with E-state index in [4.69, 9.17) is 0 Å². The zero-order valence-electron chi connectivity index (χ0n) is 11.5. The average molecular weight is 277 g/mol. The molecule has 1 fully saturated rings. The molecule has 3 amide bonds. The Labute approximate surface area is 118 Å². The Kier molecular flexibility index (Phi) is 4.81. The van der Waals surface area contributed by atoms with Gasteiger partial charge in [0.1, 0.15) is 0 Å². The fourth-order valence-electron chi connectivity index (χ4n) is 2.21. The largest absolute Gasteiger partial charge is 0.453 e. The van der Waals surface area contributed by atoms with Crippen LogP contribution in [0.1, 0.15) is 12.8 Å². The van der Waals surface area contributed by atoms with Gasteiger partial charge < -0.3 is 20.3 Å². The van der Waals surface area contributed by atoms with E-state index in [0.717, 1.165) is 18.5 Å². The molecule has 1 aromatic rings. The predicted octanol–water partition coefficient (Wildman–Crippen LogP) is 2.04. The van der Waals surface area contributed by atoms with Crippen molar-refractivity contribution < 1.29 is 14.3 Å². The van der Waals surface area contributed by atoms with Gasteiger partial charge in [0.15, 0.2) is 0 Å². The van der Waals surface area contributed by atoms with E-state index in [2.05, 4.69) is 15.4 Å². The van der Waals surface area contributed by atoms with Crippen molar-refractivity contribution in [2.24, 2.45) is 0 Å². The number of rotatable bonds is 2. The summed E-state index contributed by atoms with van der Waals surface area (Å²) in [7, 11) is 1.37. The fourth-order valence-corrected chi connectivity index (χ4v) is 2.21. The van der Waals surface area contributed by atoms with Gasteiger partial charge in [0.25, 0.3) is 0 Å². The summed E-state index contributed by atoms with van der Waals surface area (Å²) in [5.74, 6) is 0. The van der Waals surface area contributed by atoms with Crippen LogP contribution in [0.3, 0.4) is 0 Å². The lowest BCUT2D eigenvalue weighted by atomic mass is 10.1. The number of methoxy groups -OCH3 is 1. The molecule has 1 aromatic carbocycles. The number of hydrogen-bond donors (Lipinski definition) is 2. The molecule has 0 aliphatic carbocycles. The third kappa shape index (κ3) is 3.88. The number of benzene rings is 1. The molecule has 1 aliphatic rings. The highest BCUT2D eigenvalue weighted by atomic mass is 16.5. The summed E-state index contributed by atoms with van der Waals surface area (Å²) < 4.78 is 4.67. The van der Waals surface area contributed by atoms with Gasteiger partial charge in [-0.1, -0.05) is 18.2 Å². The van der Waals surface area contributed by atoms with Gasteiger partial charge in [-0.3, -0.25) is 0 Å². The van der Waals surface area contributed by atoms with Crippen molar-refractivity contribution in [1.29, 1.82) is 0 Å². The third-order valence-electron chi connectivity index (χ3n) is 3.29. The predicted molar refractivity (Wildman–Crippen MR) is 75.6 cm³/mol. The fraction of sp³-hybridized carbons (Fsp3) is 0.429. The van der Waals surface area contributed by atoms with Crippen LogP contribution in [0, 0.1) is 0 Å². The van der Waals surface area contributed by atoms with E-state index in [1.807, 2.05) is 30.3 Å². The number of amides is 3. The van der Waals surface area contributed by atoms with E-state index >= 15 is 0 Å². The molecule has 2 N–H and O–H groups in total. The van der Waals surface area contributed by atoms with Gasteiger partial charge in [-0.05, 0) is 25.0 Å². The first-order valence-electron chi connectivity index (χ1n) is 6.64. The number of nitrogens with one attached hydrogen (secondary N) is 2. The molecule has 0 atom stereocenters. The van der Waals surface area contributed by atoms with Crippen LogP contribution in [0.2, 0.25) is 0 Å². The Morgan fingerprint density at radius 3 is 2.45 bits per heavy atom. The number of nitrogens with zero attached hydrogens (tertiary/aromatic N) is 1. The van der Waals surface area contributed by atoms with Gasteiger partial charge in [-0.2, -0.15) is 0 Å². The van der Waals surface area contributed by atoms with Crippen molar-refractivity contribution in [3.63, 3.8) is 0 Å². The normalized spacial score (nSPS) is 15.6. The first-order valence-corrected chi connectivity index (χ1v) is 6.64. The zero-order chi connectivity index (χ0) is 14.4. The maximum Gasteiger partial charge on any atom is 0.409 e. The van der Waals surface area contributed by atoms with Crippen molar-refractivity contribution in [1.82, 2.24) is 10.2 Å². The molecule has 0 bridgehead atoms. The summed E-state index contributed by atoms with van der Waals surface area (Å²) in [5.41, 5.74) is 0.761. The summed E-state index contributed by atoms with van der Waals surface area (Å²) in [5, 5.41) is 5.70. The number of carbonyl (C=O) groups excluding carboxylic acids is 2. The molecule has 108 valence electrons. The zero-order valence-corrected chi connectivity index (χ0v) is 11.5. The molecule has 0 spiro atoms. The van der Waals surface area contributed by atoms with Gasteiger partial charge >= 0.3 is 12.1 Å². The second-order valence-electron chi connectivity index (χ2n) is 4.70. The van der Waals surface area contributed by atoms with E-state index in [9.17, 15) is 9.59 Å². The molecule has 0 saturated carbocycles. The van der Waals surface area contributed by atoms with Crippen molar-refractivity contribution in [3.05, 3.63) is 30.3 Å². The highest BCUT2D eigenvalue weighted by Crippen LogP contribution is 2.12. The molecule has 2 rings (SSSR count). The highest BCUT2D eigenvalue weighted by molar-refractivity contribution is 5.89. The highest BCUT2D eigenvalue weighted by Gasteiger charge is 2.24. The van der Waals surface area contributed by atoms with Crippen molar-refractivity contribution in [2.45, 2.75) is 18.9 Å². The average Bonchev–Trinajstić information content (AvgIpc) is 2.48. The van der Waals surface area contributed by atoms with E-state index in [1.54, 1.807) is 4.90 Å². The van der Waals surface area contributed by atoms with Crippen LogP contribution in [-0.2, 0) is 4.74 Å². The van der Waals surface area contributed by atoms with Crippen LogP contribution in [-0.4, -0.2) is 43.3 Å². The van der Waals surface area contributed by atoms with E-state index in [0.29, 0.717) is 13.1 Å². The van der Waals surface area contributed by atoms with Gasteiger partial charge in [0.05, 0.1) is 7.11 Å². The van der Waals surface area contributed by atoms with Gasteiger partial charge in [0.2, 0.25) is 0 Å². The Bertz CT molecular complexity index is 456. The van der Waals surface area contributed by atoms with E-state index in [1.165, 1.54) is 7.11 Å². The summed E-state index contributed by atoms with van der Waals surface area (Å²) in [6.45, 7) is 1.20. The second-order valence-corrected chi connectivity index (χ2v) is 4.70. The summed E-state index contributed by atoms with van der Waals surface area (Å²) in [6.07, 6.45) is 1.16. The summed E-state index contributed by atoms with van der Waals surface area (Å²) in [6, 6.07) is 9.16. The first-order chi connectivity index (χ1) is 9.69. The quantitative estimate of drug-likeness (QED) is 0.869. The van der Waals surface area contributed by atoms with Crippen LogP contribution < -0.4 is 10.6 Å². The minimum Gasteiger partial charge on any atom is -0.453 e. The molecule has 0 aromatic heterocycles. The molecular weight excluding hydrogens is 258 g/mol. The van der Waals surface area contributed by atoms with Crippen LogP contribution in [0.25, 0.3) is 0 Å². The van der Waals surface area contributed by atoms with Crippen LogP contribution >= 0.6 is 0 Å². The molecular formula is C14H19N3O3.